The second-order valence-electron chi connectivity index (χ2n) is 5.20. The van der Waals surface area contributed by atoms with Gasteiger partial charge in [0.25, 0.3) is 0 Å². The Balaban J connectivity index is 0.00000288. The fourth-order valence-corrected chi connectivity index (χ4v) is 2.44. The van der Waals surface area contributed by atoms with E-state index in [-0.39, 0.29) is 24.0 Å². The maximum absolute atomic E-state index is 9.19. The van der Waals surface area contributed by atoms with Crippen molar-refractivity contribution >= 4 is 29.9 Å². The van der Waals surface area contributed by atoms with Gasteiger partial charge in [-0.05, 0) is 36.6 Å². The van der Waals surface area contributed by atoms with Gasteiger partial charge in [-0.1, -0.05) is 42.5 Å². The minimum Gasteiger partial charge on any atom is -0.370 e. The first-order valence-electron chi connectivity index (χ1n) is 7.82. The van der Waals surface area contributed by atoms with Crippen LogP contribution in [0.1, 0.15) is 25.0 Å². The van der Waals surface area contributed by atoms with Crippen molar-refractivity contribution in [3.05, 3.63) is 59.7 Å². The van der Waals surface area contributed by atoms with Crippen molar-refractivity contribution in [3.8, 4) is 17.2 Å². The fourth-order valence-electron chi connectivity index (χ4n) is 2.44. The molecule has 0 heterocycles. The van der Waals surface area contributed by atoms with E-state index in [1.165, 1.54) is 0 Å². The first-order valence-corrected chi connectivity index (χ1v) is 7.82. The highest BCUT2D eigenvalue weighted by atomic mass is 127. The molecule has 0 unspecified atom stereocenters. The number of guanidine groups is 1. The lowest BCUT2D eigenvalue weighted by molar-refractivity contribution is 0.458. The number of nitrogens with zero attached hydrogens (tertiary/aromatic N) is 3. The highest BCUT2D eigenvalue weighted by Crippen LogP contribution is 2.23. The summed E-state index contributed by atoms with van der Waals surface area (Å²) >= 11 is 0. The molecule has 0 aliphatic carbocycles. The maximum atomic E-state index is 9.19. The summed E-state index contributed by atoms with van der Waals surface area (Å²) in [7, 11) is 0. The minimum atomic E-state index is 0. The third-order valence-corrected chi connectivity index (χ3v) is 3.82. The number of benzene rings is 2. The van der Waals surface area contributed by atoms with Crippen molar-refractivity contribution in [2.75, 3.05) is 13.1 Å². The van der Waals surface area contributed by atoms with Gasteiger partial charge in [0.2, 0.25) is 0 Å². The molecule has 0 amide bonds. The van der Waals surface area contributed by atoms with Crippen LogP contribution in [0.25, 0.3) is 11.1 Å². The van der Waals surface area contributed by atoms with Gasteiger partial charge in [-0.2, -0.15) is 5.26 Å². The maximum Gasteiger partial charge on any atom is 0.191 e. The molecule has 0 radical (unpaired) electrons. The molecular weight excluding hydrogens is 411 g/mol. The first-order chi connectivity index (χ1) is 11.2. The van der Waals surface area contributed by atoms with E-state index in [0.717, 1.165) is 29.8 Å². The Kier molecular flexibility index (Phi) is 8.27. The highest BCUT2D eigenvalue weighted by molar-refractivity contribution is 14.0. The van der Waals surface area contributed by atoms with Gasteiger partial charge in [0.05, 0.1) is 18.2 Å². The minimum absolute atomic E-state index is 0. The number of halogens is 1. The lowest BCUT2D eigenvalue weighted by Crippen LogP contribution is -2.37. The number of rotatable bonds is 5. The van der Waals surface area contributed by atoms with Crippen molar-refractivity contribution < 1.29 is 0 Å². The van der Waals surface area contributed by atoms with E-state index in [9.17, 15) is 5.26 Å². The Morgan fingerprint density at radius 1 is 1.08 bits per heavy atom. The van der Waals surface area contributed by atoms with E-state index >= 15 is 0 Å². The Bertz CT molecular complexity index is 713. The third kappa shape index (κ3) is 4.96. The van der Waals surface area contributed by atoms with Gasteiger partial charge >= 0.3 is 0 Å². The van der Waals surface area contributed by atoms with Crippen molar-refractivity contribution in [2.45, 2.75) is 20.4 Å². The molecule has 2 aromatic rings. The van der Waals surface area contributed by atoms with Crippen LogP contribution >= 0.6 is 24.0 Å². The smallest absolute Gasteiger partial charge is 0.191 e. The van der Waals surface area contributed by atoms with Gasteiger partial charge in [-0.15, -0.1) is 24.0 Å². The zero-order valence-corrected chi connectivity index (χ0v) is 16.4. The topological polar surface area (TPSA) is 65.4 Å². The molecule has 2 aromatic carbocycles. The molecule has 0 bridgehead atoms. The van der Waals surface area contributed by atoms with Gasteiger partial charge in [0.15, 0.2) is 5.96 Å². The van der Waals surface area contributed by atoms with Crippen LogP contribution in [0.15, 0.2) is 53.5 Å². The van der Waals surface area contributed by atoms with Crippen molar-refractivity contribution in [1.82, 2.24) is 4.90 Å². The number of aliphatic imine (C=N–C) groups is 1. The van der Waals surface area contributed by atoms with E-state index < -0.39 is 0 Å². The summed E-state index contributed by atoms with van der Waals surface area (Å²) in [6.45, 7) is 6.40. The second-order valence-corrected chi connectivity index (χ2v) is 5.20. The van der Waals surface area contributed by atoms with E-state index in [1.807, 2.05) is 53.4 Å². The van der Waals surface area contributed by atoms with Crippen LogP contribution in [0.4, 0.5) is 0 Å². The van der Waals surface area contributed by atoms with E-state index in [0.29, 0.717) is 18.1 Å². The molecule has 0 saturated heterocycles. The largest absolute Gasteiger partial charge is 0.370 e. The summed E-state index contributed by atoms with van der Waals surface area (Å²) < 4.78 is 0. The average Bonchev–Trinajstić information content (AvgIpc) is 2.61. The summed E-state index contributed by atoms with van der Waals surface area (Å²) in [5.41, 5.74) is 9.75. The molecule has 2 rings (SSSR count). The zero-order valence-electron chi connectivity index (χ0n) is 14.1. The van der Waals surface area contributed by atoms with Crippen LogP contribution in [-0.2, 0) is 6.54 Å². The Labute approximate surface area is 161 Å². The fraction of sp³-hybridized carbons (Fsp3) is 0.263. The molecule has 0 aliphatic rings. The quantitative estimate of drug-likeness (QED) is 0.440. The molecule has 0 aromatic heterocycles. The standard InChI is InChI=1S/C19H22N4.HI/c1-3-23(4-2)19(21)22-14-15-9-11-16(12-10-15)18-8-6-5-7-17(18)13-20;/h5-12H,3-4,14H2,1-2H3,(H2,21,22);1H. The molecule has 0 atom stereocenters. The molecule has 0 aliphatic heterocycles. The van der Waals surface area contributed by atoms with Gasteiger partial charge in [0.1, 0.15) is 0 Å². The summed E-state index contributed by atoms with van der Waals surface area (Å²) in [5, 5.41) is 9.19. The predicted molar refractivity (Wildman–Crippen MR) is 110 cm³/mol. The summed E-state index contributed by atoms with van der Waals surface area (Å²) in [6.07, 6.45) is 0. The van der Waals surface area contributed by atoms with Crippen LogP contribution in [-0.4, -0.2) is 23.9 Å². The zero-order chi connectivity index (χ0) is 16.7. The first kappa shape index (κ1) is 20.0. The lowest BCUT2D eigenvalue weighted by Gasteiger charge is -2.19. The Morgan fingerprint density at radius 2 is 1.71 bits per heavy atom. The number of hydrogen-bond donors (Lipinski definition) is 1. The van der Waals surface area contributed by atoms with Gasteiger partial charge < -0.3 is 10.6 Å². The van der Waals surface area contributed by atoms with Crippen LogP contribution in [0.3, 0.4) is 0 Å². The lowest BCUT2D eigenvalue weighted by atomic mass is 9.99. The van der Waals surface area contributed by atoms with E-state index in [1.54, 1.807) is 0 Å². The molecule has 0 saturated carbocycles. The molecule has 4 nitrogen and oxygen atoms in total. The number of hydrogen-bond acceptors (Lipinski definition) is 2. The monoisotopic (exact) mass is 434 g/mol. The summed E-state index contributed by atoms with van der Waals surface area (Å²) in [6, 6.07) is 17.9. The normalized spacial score (nSPS) is 10.6. The Morgan fingerprint density at radius 3 is 2.29 bits per heavy atom. The third-order valence-electron chi connectivity index (χ3n) is 3.82. The highest BCUT2D eigenvalue weighted by Gasteiger charge is 2.04. The summed E-state index contributed by atoms with van der Waals surface area (Å²) in [5.74, 6) is 0.578. The van der Waals surface area contributed by atoms with Gasteiger partial charge in [0, 0.05) is 13.1 Å². The van der Waals surface area contributed by atoms with Crippen LogP contribution in [0, 0.1) is 11.3 Å². The molecule has 5 heteroatoms. The second kappa shape index (κ2) is 9.93. The molecule has 126 valence electrons. The van der Waals surface area contributed by atoms with Crippen molar-refractivity contribution in [1.29, 1.82) is 5.26 Å². The number of nitriles is 1. The SMILES string of the molecule is CCN(CC)C(N)=NCc1ccc(-c2ccccc2C#N)cc1.I. The molecule has 0 fully saturated rings. The molecule has 2 N–H and O–H groups in total. The van der Waals surface area contributed by atoms with Gasteiger partial charge in [-0.3, -0.25) is 0 Å². The van der Waals surface area contributed by atoms with Crippen LogP contribution in [0.5, 0.6) is 0 Å². The van der Waals surface area contributed by atoms with Crippen molar-refractivity contribution in [3.63, 3.8) is 0 Å². The van der Waals surface area contributed by atoms with Crippen LogP contribution in [0.2, 0.25) is 0 Å². The summed E-state index contributed by atoms with van der Waals surface area (Å²) in [4.78, 5) is 6.47. The van der Waals surface area contributed by atoms with E-state index in [4.69, 9.17) is 5.73 Å². The number of nitrogens with two attached hydrogens (primary N) is 1. The predicted octanol–water partition coefficient (Wildman–Crippen LogP) is 4.00. The molecule has 24 heavy (non-hydrogen) atoms. The molecular formula is C19H23IN4. The van der Waals surface area contributed by atoms with E-state index in [2.05, 4.69) is 24.9 Å². The molecule has 0 spiro atoms. The van der Waals surface area contributed by atoms with Crippen LogP contribution < -0.4 is 5.73 Å². The van der Waals surface area contributed by atoms with Crippen molar-refractivity contribution in [2.24, 2.45) is 10.7 Å². The van der Waals surface area contributed by atoms with Gasteiger partial charge in [-0.25, -0.2) is 4.99 Å². The average molecular weight is 434 g/mol. The Hall–Kier alpha value is -2.07.